The Kier molecular flexibility index (Phi) is 11.4. The Hall–Kier alpha value is -3.95. The van der Waals surface area contributed by atoms with Gasteiger partial charge in [0.15, 0.2) is 0 Å². The van der Waals surface area contributed by atoms with Gasteiger partial charge in [-0.2, -0.15) is 0 Å². The first-order chi connectivity index (χ1) is 21.1. The van der Waals surface area contributed by atoms with Gasteiger partial charge in [0.25, 0.3) is 10.0 Å². The van der Waals surface area contributed by atoms with E-state index in [1.165, 1.54) is 17.0 Å². The van der Waals surface area contributed by atoms with Gasteiger partial charge < -0.3 is 10.2 Å². The fourth-order valence-electron chi connectivity index (χ4n) is 4.83. The van der Waals surface area contributed by atoms with Gasteiger partial charge in [-0.15, -0.1) is 0 Å². The number of rotatable bonds is 13. The Labute approximate surface area is 269 Å². The second-order valence-electron chi connectivity index (χ2n) is 11.1. The minimum Gasteiger partial charge on any atom is -0.354 e. The van der Waals surface area contributed by atoms with E-state index in [1.54, 1.807) is 42.5 Å². The Balaban J connectivity index is 1.80. The van der Waals surface area contributed by atoms with Crippen molar-refractivity contribution in [1.82, 2.24) is 10.2 Å². The summed E-state index contributed by atoms with van der Waals surface area (Å²) < 4.78 is 29.9. The summed E-state index contributed by atoms with van der Waals surface area (Å²) in [6.45, 7) is 6.05. The molecule has 0 unspecified atom stereocenters. The highest BCUT2D eigenvalue weighted by Crippen LogP contribution is 2.27. The number of anilines is 1. The van der Waals surface area contributed by atoms with Gasteiger partial charge in [-0.1, -0.05) is 109 Å². The summed E-state index contributed by atoms with van der Waals surface area (Å²) in [7, 11) is -4.14. The number of aryl methyl sites for hydroxylation is 1. The fraction of sp³-hybridized carbons (Fsp3) is 0.257. The van der Waals surface area contributed by atoms with Crippen molar-refractivity contribution in [2.45, 2.75) is 44.7 Å². The Morgan fingerprint density at radius 2 is 1.48 bits per heavy atom. The second kappa shape index (κ2) is 15.2. The molecule has 0 aliphatic heterocycles. The number of hydrogen-bond donors (Lipinski definition) is 1. The Morgan fingerprint density at radius 1 is 0.841 bits per heavy atom. The van der Waals surface area contributed by atoms with Crippen LogP contribution in [0.4, 0.5) is 5.69 Å². The van der Waals surface area contributed by atoms with Gasteiger partial charge in [0.05, 0.1) is 10.6 Å². The van der Waals surface area contributed by atoms with Crippen molar-refractivity contribution in [2.75, 3.05) is 17.4 Å². The third-order valence-corrected chi connectivity index (χ3v) is 9.55. The average molecular weight is 677 g/mol. The summed E-state index contributed by atoms with van der Waals surface area (Å²) in [5, 5.41) is 3.02. The normalized spacial score (nSPS) is 12.0. The summed E-state index contributed by atoms with van der Waals surface area (Å²) >= 11 is 3.44. The topological polar surface area (TPSA) is 86.8 Å². The SMILES string of the molecule is Cc1ccccc1CN(C(=O)CN(c1cccc(Br)c1)S(=O)(=O)c1ccccc1)[C@@H](Cc1ccccc1)C(=O)NCC(C)C. The third kappa shape index (κ3) is 8.57. The molecular formula is C35H38BrN3O4S. The largest absolute Gasteiger partial charge is 0.354 e. The molecular weight excluding hydrogens is 638 g/mol. The van der Waals surface area contributed by atoms with Crippen LogP contribution in [0.5, 0.6) is 0 Å². The summed E-state index contributed by atoms with van der Waals surface area (Å²) in [5.41, 5.74) is 3.06. The first-order valence-electron chi connectivity index (χ1n) is 14.5. The van der Waals surface area contributed by atoms with Gasteiger partial charge in [-0.05, 0) is 59.9 Å². The fourth-order valence-corrected chi connectivity index (χ4v) is 6.64. The number of carbonyl (C=O) groups excluding carboxylic acids is 2. The number of sulfonamides is 1. The summed E-state index contributed by atoms with van der Waals surface area (Å²) in [6, 6.07) is 31.2. The van der Waals surface area contributed by atoms with Crippen molar-refractivity contribution in [2.24, 2.45) is 5.92 Å². The first kappa shape index (κ1) is 33.0. The highest BCUT2D eigenvalue weighted by atomic mass is 79.9. The number of nitrogens with one attached hydrogen (secondary N) is 1. The number of benzene rings is 4. The minimum absolute atomic E-state index is 0.0636. The van der Waals surface area contributed by atoms with Crippen molar-refractivity contribution < 1.29 is 18.0 Å². The molecule has 0 aromatic heterocycles. The van der Waals surface area contributed by atoms with Crippen molar-refractivity contribution in [1.29, 1.82) is 0 Å². The molecule has 4 rings (SSSR count). The highest BCUT2D eigenvalue weighted by molar-refractivity contribution is 9.10. The van der Waals surface area contributed by atoms with E-state index in [0.717, 1.165) is 21.0 Å². The van der Waals surface area contributed by atoms with Crippen LogP contribution in [0.25, 0.3) is 0 Å². The quantitative estimate of drug-likeness (QED) is 0.179. The highest BCUT2D eigenvalue weighted by Gasteiger charge is 2.34. The molecule has 4 aromatic carbocycles. The molecule has 44 heavy (non-hydrogen) atoms. The lowest BCUT2D eigenvalue weighted by Crippen LogP contribution is -2.53. The van der Waals surface area contributed by atoms with Crippen LogP contribution >= 0.6 is 15.9 Å². The predicted octanol–water partition coefficient (Wildman–Crippen LogP) is 6.37. The van der Waals surface area contributed by atoms with Crippen molar-refractivity contribution >= 4 is 43.5 Å². The molecule has 0 aliphatic rings. The Morgan fingerprint density at radius 3 is 2.11 bits per heavy atom. The van der Waals surface area contributed by atoms with E-state index < -0.39 is 28.5 Å². The van der Waals surface area contributed by atoms with Gasteiger partial charge in [0, 0.05) is 24.0 Å². The van der Waals surface area contributed by atoms with E-state index in [1.807, 2.05) is 75.4 Å². The number of hydrogen-bond acceptors (Lipinski definition) is 4. The standard InChI is InChI=1S/C35H38BrN3O4S/c1-26(2)23-37-35(41)33(21-28-14-6-4-7-15-28)38(24-29-16-11-10-13-27(29)3)34(40)25-39(31-18-12-17-30(36)22-31)44(42,43)32-19-8-5-9-20-32/h4-20,22,26,33H,21,23-25H2,1-3H3,(H,37,41)/t33-/m0/s1. The van der Waals surface area contributed by atoms with Crippen LogP contribution in [0.1, 0.15) is 30.5 Å². The number of nitrogens with zero attached hydrogens (tertiary/aromatic N) is 2. The lowest BCUT2D eigenvalue weighted by atomic mass is 10.0. The van der Waals surface area contributed by atoms with Gasteiger partial charge in [0.2, 0.25) is 11.8 Å². The molecule has 4 aromatic rings. The molecule has 0 fully saturated rings. The van der Waals surface area contributed by atoms with E-state index >= 15 is 0 Å². The van der Waals surface area contributed by atoms with E-state index in [-0.39, 0.29) is 29.7 Å². The van der Waals surface area contributed by atoms with Crippen LogP contribution in [0.2, 0.25) is 0 Å². The van der Waals surface area contributed by atoms with E-state index in [2.05, 4.69) is 21.2 Å². The number of carbonyl (C=O) groups is 2. The molecule has 7 nitrogen and oxygen atoms in total. The maximum absolute atomic E-state index is 14.5. The van der Waals surface area contributed by atoms with Crippen LogP contribution in [0.15, 0.2) is 119 Å². The molecule has 1 N–H and O–H groups in total. The molecule has 9 heteroatoms. The van der Waals surface area contributed by atoms with E-state index in [4.69, 9.17) is 0 Å². The van der Waals surface area contributed by atoms with Crippen LogP contribution in [0, 0.1) is 12.8 Å². The molecule has 2 amide bonds. The molecule has 0 radical (unpaired) electrons. The molecule has 1 atom stereocenters. The third-order valence-electron chi connectivity index (χ3n) is 7.26. The van der Waals surface area contributed by atoms with E-state index in [0.29, 0.717) is 16.7 Å². The molecule has 0 bridgehead atoms. The van der Waals surface area contributed by atoms with Gasteiger partial charge >= 0.3 is 0 Å². The van der Waals surface area contributed by atoms with Crippen molar-refractivity contribution in [3.05, 3.63) is 130 Å². The predicted molar refractivity (Wildman–Crippen MR) is 179 cm³/mol. The molecule has 230 valence electrons. The molecule has 0 heterocycles. The maximum Gasteiger partial charge on any atom is 0.264 e. The summed E-state index contributed by atoms with van der Waals surface area (Å²) in [5.74, 6) is -0.572. The smallest absolute Gasteiger partial charge is 0.264 e. The zero-order valence-electron chi connectivity index (χ0n) is 25.2. The number of halogens is 1. The zero-order chi connectivity index (χ0) is 31.7. The second-order valence-corrected chi connectivity index (χ2v) is 13.9. The average Bonchev–Trinajstić information content (AvgIpc) is 3.02. The van der Waals surface area contributed by atoms with E-state index in [9.17, 15) is 18.0 Å². The summed E-state index contributed by atoms with van der Waals surface area (Å²) in [6.07, 6.45) is 0.269. The van der Waals surface area contributed by atoms with Gasteiger partial charge in [-0.3, -0.25) is 13.9 Å². The lowest BCUT2D eigenvalue weighted by Gasteiger charge is -2.34. The molecule has 0 spiro atoms. The number of amides is 2. The van der Waals surface area contributed by atoms with Crippen LogP contribution < -0.4 is 9.62 Å². The zero-order valence-corrected chi connectivity index (χ0v) is 27.6. The van der Waals surface area contributed by atoms with Crippen molar-refractivity contribution in [3.63, 3.8) is 0 Å². The molecule has 0 aliphatic carbocycles. The van der Waals surface area contributed by atoms with Gasteiger partial charge in [0.1, 0.15) is 12.6 Å². The van der Waals surface area contributed by atoms with Crippen LogP contribution in [-0.4, -0.2) is 44.3 Å². The van der Waals surface area contributed by atoms with Crippen LogP contribution in [0.3, 0.4) is 0 Å². The van der Waals surface area contributed by atoms with Crippen LogP contribution in [-0.2, 0) is 32.6 Å². The Bertz CT molecular complexity index is 1660. The maximum atomic E-state index is 14.5. The summed E-state index contributed by atoms with van der Waals surface area (Å²) in [4.78, 5) is 29.9. The monoisotopic (exact) mass is 675 g/mol. The lowest BCUT2D eigenvalue weighted by molar-refractivity contribution is -0.140. The van der Waals surface area contributed by atoms with Crippen molar-refractivity contribution in [3.8, 4) is 0 Å². The minimum atomic E-state index is -4.14. The molecule has 0 saturated carbocycles. The van der Waals surface area contributed by atoms with Gasteiger partial charge in [-0.25, -0.2) is 8.42 Å². The first-order valence-corrected chi connectivity index (χ1v) is 16.8. The molecule has 0 saturated heterocycles.